The van der Waals surface area contributed by atoms with Crippen molar-refractivity contribution in [1.29, 1.82) is 0 Å². The van der Waals surface area contributed by atoms with Gasteiger partial charge in [0.2, 0.25) is 0 Å². The first-order valence-corrected chi connectivity index (χ1v) is 8.07. The third-order valence-corrected chi connectivity index (χ3v) is 4.69. The summed E-state index contributed by atoms with van der Waals surface area (Å²) in [5.41, 5.74) is 3.31. The highest BCUT2D eigenvalue weighted by Gasteiger charge is 2.25. The number of rotatable bonds is 4. The maximum atomic E-state index is 6.29. The topological polar surface area (TPSA) is 55.6 Å². The van der Waals surface area contributed by atoms with E-state index in [1.807, 2.05) is 12.5 Å². The number of halogens is 2. The molecule has 108 valence electrons. The fourth-order valence-corrected chi connectivity index (χ4v) is 3.55. The van der Waals surface area contributed by atoms with Crippen LogP contribution in [0.1, 0.15) is 24.6 Å². The number of imidazole rings is 1. The van der Waals surface area contributed by atoms with Gasteiger partial charge in [0.05, 0.1) is 46.0 Å². The van der Waals surface area contributed by atoms with Crippen molar-refractivity contribution in [3.05, 3.63) is 34.3 Å². The van der Waals surface area contributed by atoms with E-state index in [1.54, 1.807) is 6.07 Å². The zero-order valence-corrected chi connectivity index (χ0v) is 13.2. The van der Waals surface area contributed by atoms with Gasteiger partial charge in [-0.25, -0.2) is 4.98 Å². The molecule has 1 aliphatic carbocycles. The number of nitrogens with one attached hydrogen (secondary N) is 1. The van der Waals surface area contributed by atoms with Crippen LogP contribution in [-0.4, -0.2) is 18.3 Å². The average molecular weight is 340 g/mol. The first-order valence-electron chi connectivity index (χ1n) is 6.59. The van der Waals surface area contributed by atoms with E-state index in [1.165, 1.54) is 12.8 Å². The highest BCUT2D eigenvalue weighted by atomic mass is 35.5. The van der Waals surface area contributed by atoms with Crippen molar-refractivity contribution in [1.82, 2.24) is 18.3 Å². The molecule has 2 heterocycles. The van der Waals surface area contributed by atoms with Crippen LogP contribution < -0.4 is 5.32 Å². The normalized spacial score (nSPS) is 14.8. The van der Waals surface area contributed by atoms with Crippen molar-refractivity contribution in [2.24, 2.45) is 0 Å². The van der Waals surface area contributed by atoms with E-state index in [0.29, 0.717) is 28.1 Å². The number of hydrogen-bond acceptors (Lipinski definition) is 5. The second kappa shape index (κ2) is 5.12. The molecule has 0 amide bonds. The fraction of sp³-hybridized carbons (Fsp3) is 0.308. The summed E-state index contributed by atoms with van der Waals surface area (Å²) in [5.74, 6) is 0. The van der Waals surface area contributed by atoms with E-state index in [2.05, 4.69) is 23.6 Å². The van der Waals surface area contributed by atoms with Crippen LogP contribution in [0.15, 0.2) is 18.6 Å². The summed E-state index contributed by atoms with van der Waals surface area (Å²) in [5, 5.41) is 4.43. The van der Waals surface area contributed by atoms with Crippen molar-refractivity contribution in [2.75, 3.05) is 5.32 Å². The summed E-state index contributed by atoms with van der Waals surface area (Å²) in [7, 11) is 0. The standard InChI is InChI=1S/C13H11Cl2N5S/c14-9-3-10(15)12-13(19-21-18-12)11(9)17-5-8-4-16-6-20(8)7-1-2-7/h3-4,6-7,17H,1-2,5H2. The Hall–Kier alpha value is -1.37. The number of fused-ring (bicyclic) bond motifs is 1. The Morgan fingerprint density at radius 3 is 2.86 bits per heavy atom. The molecule has 0 radical (unpaired) electrons. The van der Waals surface area contributed by atoms with Crippen molar-refractivity contribution in [3.63, 3.8) is 0 Å². The van der Waals surface area contributed by atoms with E-state index in [-0.39, 0.29) is 0 Å². The molecule has 21 heavy (non-hydrogen) atoms. The van der Waals surface area contributed by atoms with Gasteiger partial charge in [0.15, 0.2) is 0 Å². The van der Waals surface area contributed by atoms with Crippen LogP contribution in [0.4, 0.5) is 5.69 Å². The van der Waals surface area contributed by atoms with Gasteiger partial charge in [-0.15, -0.1) is 0 Å². The van der Waals surface area contributed by atoms with Gasteiger partial charge in [0.1, 0.15) is 11.0 Å². The summed E-state index contributed by atoms with van der Waals surface area (Å²) < 4.78 is 10.7. The minimum absolute atomic E-state index is 0.525. The summed E-state index contributed by atoms with van der Waals surface area (Å²) in [6.07, 6.45) is 6.22. The molecular formula is C13H11Cl2N5S. The van der Waals surface area contributed by atoms with E-state index >= 15 is 0 Å². The van der Waals surface area contributed by atoms with Crippen LogP contribution in [-0.2, 0) is 6.54 Å². The van der Waals surface area contributed by atoms with Gasteiger partial charge in [-0.1, -0.05) is 23.2 Å². The maximum absolute atomic E-state index is 6.29. The highest BCUT2D eigenvalue weighted by Crippen LogP contribution is 2.37. The lowest BCUT2D eigenvalue weighted by atomic mass is 10.2. The Morgan fingerprint density at radius 2 is 2.05 bits per heavy atom. The van der Waals surface area contributed by atoms with Crippen LogP contribution in [0.2, 0.25) is 10.0 Å². The van der Waals surface area contributed by atoms with Crippen LogP contribution in [0, 0.1) is 0 Å². The highest BCUT2D eigenvalue weighted by molar-refractivity contribution is 7.00. The maximum Gasteiger partial charge on any atom is 0.130 e. The molecule has 0 spiro atoms. The molecule has 8 heteroatoms. The Morgan fingerprint density at radius 1 is 1.24 bits per heavy atom. The lowest BCUT2D eigenvalue weighted by molar-refractivity contribution is 0.701. The first kappa shape index (κ1) is 13.3. The Bertz CT molecular complexity index is 808. The molecule has 1 saturated carbocycles. The first-order chi connectivity index (χ1) is 10.2. The second-order valence-corrected chi connectivity index (χ2v) is 6.40. The second-order valence-electron chi connectivity index (χ2n) is 5.05. The zero-order chi connectivity index (χ0) is 14.4. The number of anilines is 1. The predicted molar refractivity (Wildman–Crippen MR) is 85.3 cm³/mol. The third-order valence-electron chi connectivity index (χ3n) is 3.58. The summed E-state index contributed by atoms with van der Waals surface area (Å²) in [4.78, 5) is 4.23. The Kier molecular flexibility index (Phi) is 3.24. The van der Waals surface area contributed by atoms with Crippen molar-refractivity contribution in [3.8, 4) is 0 Å². The summed E-state index contributed by atoms with van der Waals surface area (Å²) >= 11 is 13.5. The molecular weight excluding hydrogens is 329 g/mol. The van der Waals surface area contributed by atoms with Crippen molar-refractivity contribution >= 4 is 51.7 Å². The molecule has 0 saturated heterocycles. The van der Waals surface area contributed by atoms with E-state index in [0.717, 1.165) is 28.6 Å². The van der Waals surface area contributed by atoms with Gasteiger partial charge >= 0.3 is 0 Å². The molecule has 2 aromatic heterocycles. The summed E-state index contributed by atoms with van der Waals surface area (Å²) in [6, 6.07) is 2.30. The van der Waals surface area contributed by atoms with Crippen molar-refractivity contribution in [2.45, 2.75) is 25.4 Å². The fourth-order valence-electron chi connectivity index (χ4n) is 2.37. The number of benzene rings is 1. The van der Waals surface area contributed by atoms with Gasteiger partial charge in [-0.3, -0.25) is 0 Å². The van der Waals surface area contributed by atoms with Gasteiger partial charge in [-0.05, 0) is 18.9 Å². The quantitative estimate of drug-likeness (QED) is 0.775. The number of nitrogens with zero attached hydrogens (tertiary/aromatic N) is 4. The molecule has 1 fully saturated rings. The van der Waals surface area contributed by atoms with E-state index < -0.39 is 0 Å². The molecule has 5 nitrogen and oxygen atoms in total. The molecule has 0 aliphatic heterocycles. The Balaban J connectivity index is 1.65. The number of hydrogen-bond donors (Lipinski definition) is 1. The molecule has 1 N–H and O–H groups in total. The van der Waals surface area contributed by atoms with E-state index in [9.17, 15) is 0 Å². The Labute approximate surface area is 135 Å². The molecule has 1 aliphatic rings. The average Bonchev–Trinajstić information content (AvgIpc) is 3.00. The predicted octanol–water partition coefficient (Wildman–Crippen LogP) is 4.14. The van der Waals surface area contributed by atoms with Crippen LogP contribution >= 0.6 is 34.9 Å². The number of aromatic nitrogens is 4. The third kappa shape index (κ3) is 2.37. The van der Waals surface area contributed by atoms with Gasteiger partial charge in [0.25, 0.3) is 0 Å². The minimum atomic E-state index is 0.525. The monoisotopic (exact) mass is 339 g/mol. The molecule has 3 aromatic rings. The van der Waals surface area contributed by atoms with Crippen LogP contribution in [0.5, 0.6) is 0 Å². The lowest BCUT2D eigenvalue weighted by Crippen LogP contribution is -2.06. The molecule has 0 bridgehead atoms. The van der Waals surface area contributed by atoms with Crippen LogP contribution in [0.3, 0.4) is 0 Å². The van der Waals surface area contributed by atoms with Crippen LogP contribution in [0.25, 0.3) is 11.0 Å². The molecule has 4 rings (SSSR count). The smallest absolute Gasteiger partial charge is 0.130 e. The minimum Gasteiger partial charge on any atom is -0.376 e. The zero-order valence-electron chi connectivity index (χ0n) is 10.9. The largest absolute Gasteiger partial charge is 0.376 e. The van der Waals surface area contributed by atoms with Crippen molar-refractivity contribution < 1.29 is 0 Å². The van der Waals surface area contributed by atoms with Gasteiger partial charge in [0, 0.05) is 12.2 Å². The molecule has 1 aromatic carbocycles. The lowest BCUT2D eigenvalue weighted by Gasteiger charge is -2.11. The van der Waals surface area contributed by atoms with E-state index in [4.69, 9.17) is 23.2 Å². The SMILES string of the molecule is Clc1cc(Cl)c2nsnc2c1NCc1cncn1C1CC1. The van der Waals surface area contributed by atoms with Gasteiger partial charge in [-0.2, -0.15) is 8.75 Å². The summed E-state index contributed by atoms with van der Waals surface area (Å²) in [6.45, 7) is 0.643. The van der Waals surface area contributed by atoms with Gasteiger partial charge < -0.3 is 9.88 Å². The molecule has 0 atom stereocenters. The molecule has 0 unspecified atom stereocenters.